The minimum atomic E-state index is -0.0221. The Hall–Kier alpha value is -1.26. The molecule has 4 rings (SSSR count). The molecule has 0 saturated heterocycles. The van der Waals surface area contributed by atoms with E-state index in [-0.39, 0.29) is 27.3 Å². The molecule has 0 aliphatic carbocycles. The van der Waals surface area contributed by atoms with Gasteiger partial charge >= 0.3 is 19.5 Å². The van der Waals surface area contributed by atoms with Crippen LogP contribution < -0.4 is 7.78 Å². The Bertz CT molecular complexity index is 1440. The molecule has 0 atom stereocenters. The fourth-order valence-electron chi connectivity index (χ4n) is 4.96. The second-order valence-corrected chi connectivity index (χ2v) is 13.8. The maximum Gasteiger partial charge on any atom is 2.00 e. The predicted octanol–water partition coefficient (Wildman–Crippen LogP) is 9.70. The summed E-state index contributed by atoms with van der Waals surface area (Å²) in [5, 5.41) is 0. The molecule has 0 saturated carbocycles. The Kier molecular flexibility index (Phi) is 13.5. The largest absolute Gasteiger partial charge is 2.00 e. The Morgan fingerprint density at radius 2 is 0.628 bits per heavy atom. The zero-order chi connectivity index (χ0) is 31.6. The van der Waals surface area contributed by atoms with Crippen LogP contribution in [0.2, 0.25) is 0 Å². The summed E-state index contributed by atoms with van der Waals surface area (Å²) < 4.78 is 0.664. The zero-order valence-corrected chi connectivity index (χ0v) is 33.8. The molecular weight excluding hydrogens is 694 g/mol. The third-order valence-electron chi connectivity index (χ3n) is 8.18. The first kappa shape index (κ1) is 37.9. The van der Waals surface area contributed by atoms with Crippen LogP contribution in [0.25, 0.3) is 0 Å². The molecule has 4 aromatic carbocycles. The van der Waals surface area contributed by atoms with Gasteiger partial charge in [-0.2, -0.15) is 0 Å². The van der Waals surface area contributed by atoms with E-state index in [2.05, 4.69) is 79.7 Å². The van der Waals surface area contributed by atoms with Crippen LogP contribution in [0, 0.1) is 55.4 Å². The molecule has 0 amide bonds. The second kappa shape index (κ2) is 15.4. The summed E-state index contributed by atoms with van der Waals surface area (Å²) >= 11 is 33.4. The van der Waals surface area contributed by atoms with Crippen LogP contribution >= 0.6 is 24.4 Å². The van der Waals surface area contributed by atoms with E-state index in [1.165, 1.54) is 22.3 Å². The van der Waals surface area contributed by atoms with Crippen LogP contribution in [0.1, 0.15) is 44.5 Å². The third-order valence-corrected chi connectivity index (χ3v) is 10.9. The maximum absolute atomic E-state index is 5.95. The number of benzene rings is 4. The zero-order valence-electron chi connectivity index (χ0n) is 26.0. The van der Waals surface area contributed by atoms with Crippen molar-refractivity contribution in [3.05, 3.63) is 117 Å². The molecule has 0 aliphatic rings. The molecule has 4 aromatic rings. The van der Waals surface area contributed by atoms with Gasteiger partial charge in [-0.05, 0) is 102 Å². The van der Waals surface area contributed by atoms with Gasteiger partial charge in [0.15, 0.2) is 0 Å². The summed E-state index contributed by atoms with van der Waals surface area (Å²) in [5.74, 6) is 0. The van der Waals surface area contributed by atoms with Crippen molar-refractivity contribution in [2.24, 2.45) is 0 Å². The number of hydrogen-bond donors (Lipinski definition) is 0. The molecule has 0 spiro atoms. The third kappa shape index (κ3) is 7.43. The normalized spacial score (nSPS) is 11.2. The van der Waals surface area contributed by atoms with E-state index in [9.17, 15) is 0 Å². The van der Waals surface area contributed by atoms with E-state index in [4.69, 9.17) is 75.3 Å². The number of aryl methyl sites for hydroxylation is 4. The first-order chi connectivity index (χ1) is 19.6. The van der Waals surface area contributed by atoms with Gasteiger partial charge in [0.05, 0.1) is 0 Å². The van der Waals surface area contributed by atoms with Gasteiger partial charge in [0.1, 0.15) is 22.7 Å². The minimum absolute atomic E-state index is 0. The Morgan fingerprint density at radius 1 is 0.442 bits per heavy atom. The Balaban J connectivity index is 0.000000293. The van der Waals surface area contributed by atoms with Gasteiger partial charge in [-0.15, -0.1) is 0 Å². The second-order valence-electron chi connectivity index (χ2n) is 10.6. The van der Waals surface area contributed by atoms with Crippen LogP contribution in [0.5, 0.6) is 0 Å². The Labute approximate surface area is 304 Å². The summed E-state index contributed by atoms with van der Waals surface area (Å²) in [6, 6.07) is 24.4. The number of thiocarbonyl (C=S) groups is 2. The van der Waals surface area contributed by atoms with Crippen molar-refractivity contribution in [3.63, 3.8) is 0 Å². The van der Waals surface area contributed by atoms with Crippen LogP contribution in [0.3, 0.4) is 0 Å². The Morgan fingerprint density at radius 3 is 0.791 bits per heavy atom. The number of rotatable bonds is 4. The molecular formula is C34H36N2S6Zn. The molecule has 0 fully saturated rings. The van der Waals surface area contributed by atoms with Crippen molar-refractivity contribution < 1.29 is 19.5 Å². The maximum atomic E-state index is 5.95. The smallest absolute Gasteiger partial charge is 0.477 e. The van der Waals surface area contributed by atoms with Gasteiger partial charge in [0, 0.05) is 30.9 Å². The topological polar surface area (TPSA) is 0 Å². The van der Waals surface area contributed by atoms with Gasteiger partial charge in [-0.3, -0.25) is 0 Å². The van der Waals surface area contributed by atoms with Crippen molar-refractivity contribution >= 4 is 107 Å². The van der Waals surface area contributed by atoms with E-state index >= 15 is 0 Å². The standard InChI is InChI=1S/2C17H19NS3.Zn/c2*1-11-7-5-9-15(13(11)3)18(21,17(19)20)16-10-6-8-12(2)14(16)4;/h2*5-10H,1-4H3,(H,19,20);/q;;+2/p-2. The van der Waals surface area contributed by atoms with Crippen molar-refractivity contribution in [2.45, 2.75) is 55.4 Å². The average molecular weight is 730 g/mol. The molecule has 0 radical (unpaired) electrons. The van der Waals surface area contributed by atoms with Crippen molar-refractivity contribution in [3.8, 4) is 0 Å². The van der Waals surface area contributed by atoms with E-state index in [0.29, 0.717) is 8.64 Å². The van der Waals surface area contributed by atoms with Crippen LogP contribution in [0.15, 0.2) is 72.8 Å². The molecule has 220 valence electrons. The summed E-state index contributed by atoms with van der Waals surface area (Å²) in [7, 11) is 0. The minimum Gasteiger partial charge on any atom is -0.477 e. The first-order valence-electron chi connectivity index (χ1n) is 13.5. The molecule has 9 heteroatoms. The summed E-state index contributed by atoms with van der Waals surface area (Å²) in [6.45, 7) is 16.6. The molecule has 0 N–H and O–H groups in total. The summed E-state index contributed by atoms with van der Waals surface area (Å²) in [4.78, 5) is 0. The van der Waals surface area contributed by atoms with Crippen molar-refractivity contribution in [1.82, 2.24) is 7.78 Å². The number of nitrogens with zero attached hydrogens (tertiary/aromatic N) is 2. The SMILES string of the molecule is Cc1cccc([N+]([S-])(C(=S)[S-])c2cccc(C)c2C)c1C.Cc1cccc([N+]([S-])(C(=S)[S-])c2cccc(C)c2C)c1C.[Zn+2]. The average Bonchev–Trinajstić information content (AvgIpc) is 2.94. The van der Waals surface area contributed by atoms with E-state index in [1.807, 2.05) is 48.5 Å². The van der Waals surface area contributed by atoms with Crippen LogP contribution in [-0.2, 0) is 70.4 Å². The first-order valence-corrected chi connectivity index (χ1v) is 15.9. The fraction of sp³-hybridized carbons (Fsp3) is 0.235. The van der Waals surface area contributed by atoms with Crippen LogP contribution in [0.4, 0.5) is 22.7 Å². The molecule has 0 unspecified atom stereocenters. The van der Waals surface area contributed by atoms with Gasteiger partial charge < -0.3 is 83.1 Å². The van der Waals surface area contributed by atoms with Gasteiger partial charge in [-0.1, -0.05) is 48.5 Å². The molecule has 2 nitrogen and oxygen atoms in total. The van der Waals surface area contributed by atoms with Gasteiger partial charge in [-0.25, -0.2) is 0 Å². The molecule has 0 heterocycles. The molecule has 0 bridgehead atoms. The molecule has 0 aliphatic heterocycles. The van der Waals surface area contributed by atoms with E-state index < -0.39 is 0 Å². The van der Waals surface area contributed by atoms with Gasteiger partial charge in [0.25, 0.3) is 0 Å². The number of hydrogen-bond acceptors (Lipinski definition) is 6. The van der Waals surface area contributed by atoms with Crippen LogP contribution in [-0.4, -0.2) is 8.64 Å². The van der Waals surface area contributed by atoms with Crippen molar-refractivity contribution in [2.75, 3.05) is 0 Å². The van der Waals surface area contributed by atoms with Gasteiger partial charge in [0.2, 0.25) is 0 Å². The molecule has 43 heavy (non-hydrogen) atoms. The predicted molar refractivity (Wildman–Crippen MR) is 201 cm³/mol. The summed E-state index contributed by atoms with van der Waals surface area (Å²) in [5.41, 5.74) is 13.2. The quantitative estimate of drug-likeness (QED) is 0.0882. The monoisotopic (exact) mass is 728 g/mol. The number of quaternary nitrogens is 2. The summed E-state index contributed by atoms with van der Waals surface area (Å²) in [6.07, 6.45) is 0. The van der Waals surface area contributed by atoms with E-state index in [0.717, 1.165) is 45.0 Å². The molecule has 0 aromatic heterocycles. The van der Waals surface area contributed by atoms with E-state index in [1.54, 1.807) is 0 Å². The fourth-order valence-corrected chi connectivity index (χ4v) is 6.54. The van der Waals surface area contributed by atoms with Crippen molar-refractivity contribution in [1.29, 1.82) is 0 Å².